The van der Waals surface area contributed by atoms with E-state index in [1.54, 1.807) is 0 Å². The molecule has 0 aromatic heterocycles. The molecule has 1 N–H and O–H groups in total. The molecule has 7 nitrogen and oxygen atoms in total. The van der Waals surface area contributed by atoms with Gasteiger partial charge in [0.1, 0.15) is 5.75 Å². The smallest absolute Gasteiger partial charge is 0.415 e. The summed E-state index contributed by atoms with van der Waals surface area (Å²) in [7, 11) is -4.30. The van der Waals surface area contributed by atoms with Gasteiger partial charge in [-0.1, -0.05) is 0 Å². The number of hydrogen-bond donors (Lipinski definition) is 1. The molecule has 0 saturated heterocycles. The molecule has 0 aliphatic carbocycles. The van der Waals surface area contributed by atoms with Crippen molar-refractivity contribution in [2.75, 3.05) is 0 Å². The van der Waals surface area contributed by atoms with Crippen LogP contribution >= 0.6 is 7.60 Å². The summed E-state index contributed by atoms with van der Waals surface area (Å²) in [5.41, 5.74) is -0.174. The Labute approximate surface area is 84.2 Å². The van der Waals surface area contributed by atoms with Crippen LogP contribution in [0.25, 0.3) is 0 Å². The van der Waals surface area contributed by atoms with E-state index in [4.69, 9.17) is 10.2 Å². The van der Waals surface area contributed by atoms with Gasteiger partial charge in [0.25, 0.3) is 5.69 Å². The summed E-state index contributed by atoms with van der Waals surface area (Å²) in [5, 5.41) is 18.5. The van der Waals surface area contributed by atoms with E-state index in [1.165, 1.54) is 0 Å². The molecule has 0 amide bonds. The Morgan fingerprint density at radius 1 is 1.47 bits per heavy atom. The fraction of sp³-hybridized carbons (Fsp3) is 0. The molecular weight excluding hydrogens is 223 g/mol. The Balaban J connectivity index is 2.88. The summed E-state index contributed by atoms with van der Waals surface area (Å²) in [4.78, 5) is 18.4. The lowest BCUT2D eigenvalue weighted by molar-refractivity contribution is -0.384. The average molecular weight is 228 g/mol. The molecule has 0 bridgehead atoms. The fourth-order valence-corrected chi connectivity index (χ4v) is 1.24. The maximum absolute atomic E-state index is 10.8. The Kier molecular flexibility index (Phi) is 3.04. The first-order chi connectivity index (χ1) is 6.94. The lowest BCUT2D eigenvalue weighted by atomic mass is 10.3. The lowest BCUT2D eigenvalue weighted by Crippen LogP contribution is -1.90. The van der Waals surface area contributed by atoms with E-state index in [1.807, 2.05) is 0 Å². The van der Waals surface area contributed by atoms with Gasteiger partial charge in [-0.15, -0.1) is 0 Å². The van der Waals surface area contributed by atoms with E-state index in [-0.39, 0.29) is 11.4 Å². The highest BCUT2D eigenvalue weighted by Gasteiger charge is 2.19. The van der Waals surface area contributed by atoms with Crippen molar-refractivity contribution in [3.8, 4) is 11.6 Å². The normalized spacial score (nSPS) is 13.6. The number of hydrogen-bond acceptors (Lipinski definition) is 5. The van der Waals surface area contributed by atoms with E-state index < -0.39 is 12.5 Å². The minimum Gasteiger partial charge on any atom is -0.415 e. The van der Waals surface area contributed by atoms with Crippen molar-refractivity contribution in [1.82, 2.24) is 0 Å². The first-order valence-electron chi connectivity index (χ1n) is 3.63. The maximum atomic E-state index is 10.8. The van der Waals surface area contributed by atoms with Crippen LogP contribution in [0.5, 0.6) is 5.75 Å². The molecule has 0 aliphatic rings. The molecule has 1 atom stereocenters. The van der Waals surface area contributed by atoms with Crippen molar-refractivity contribution in [2.45, 2.75) is 0 Å². The van der Waals surface area contributed by atoms with Crippen molar-refractivity contribution in [3.05, 3.63) is 34.4 Å². The lowest BCUT2D eigenvalue weighted by Gasteiger charge is -2.04. The number of non-ortho nitro benzene ring substituents is 1. The van der Waals surface area contributed by atoms with Crippen molar-refractivity contribution in [3.63, 3.8) is 0 Å². The van der Waals surface area contributed by atoms with Gasteiger partial charge in [0, 0.05) is 12.1 Å². The number of nitriles is 1. The van der Waals surface area contributed by atoms with Gasteiger partial charge in [-0.25, -0.2) is 4.57 Å². The molecule has 0 fully saturated rings. The largest absolute Gasteiger partial charge is 0.480 e. The van der Waals surface area contributed by atoms with Crippen LogP contribution in [-0.4, -0.2) is 9.82 Å². The number of nitrogens with zero attached hydrogens (tertiary/aromatic N) is 2. The van der Waals surface area contributed by atoms with Gasteiger partial charge in [0.15, 0.2) is 5.81 Å². The van der Waals surface area contributed by atoms with Gasteiger partial charge in [0.2, 0.25) is 0 Å². The Hall–Kier alpha value is -1.90. The highest BCUT2D eigenvalue weighted by Crippen LogP contribution is 2.41. The molecule has 8 heteroatoms. The summed E-state index contributed by atoms with van der Waals surface area (Å²) in [5.74, 6) is 1.01. The van der Waals surface area contributed by atoms with Crippen LogP contribution in [0, 0.1) is 21.2 Å². The highest BCUT2D eigenvalue weighted by atomic mass is 31.2. The van der Waals surface area contributed by atoms with Crippen LogP contribution in [0.4, 0.5) is 5.69 Å². The molecule has 0 spiro atoms. The van der Waals surface area contributed by atoms with Crippen molar-refractivity contribution in [1.29, 1.82) is 5.26 Å². The molecule has 1 aromatic carbocycles. The summed E-state index contributed by atoms with van der Waals surface area (Å²) < 4.78 is 15.2. The monoisotopic (exact) mass is 228 g/mol. The standard InChI is InChI=1S/C7H5N2O5P/c8-5-15(12,13)14-7-3-1-6(2-4-7)9(10)11/h1-4H,(H,12,13). The van der Waals surface area contributed by atoms with Crippen LogP contribution in [0.1, 0.15) is 0 Å². The topological polar surface area (TPSA) is 113 Å². The zero-order valence-electron chi connectivity index (χ0n) is 7.23. The van der Waals surface area contributed by atoms with E-state index >= 15 is 0 Å². The molecule has 0 heterocycles. The van der Waals surface area contributed by atoms with Crippen LogP contribution in [0.15, 0.2) is 24.3 Å². The second-order valence-corrected chi connectivity index (χ2v) is 3.89. The van der Waals surface area contributed by atoms with E-state index in [0.29, 0.717) is 0 Å². The molecule has 1 aromatic rings. The third-order valence-corrected chi connectivity index (χ3v) is 2.11. The quantitative estimate of drug-likeness (QED) is 0.477. The summed E-state index contributed by atoms with van der Waals surface area (Å²) in [6.45, 7) is 0. The van der Waals surface area contributed by atoms with Crippen LogP contribution in [-0.2, 0) is 4.57 Å². The van der Waals surface area contributed by atoms with Gasteiger partial charge >= 0.3 is 7.60 Å². The van der Waals surface area contributed by atoms with E-state index in [2.05, 4.69) is 4.52 Å². The highest BCUT2D eigenvalue weighted by molar-refractivity contribution is 7.58. The first kappa shape index (κ1) is 11.2. The summed E-state index contributed by atoms with van der Waals surface area (Å²) >= 11 is 0. The van der Waals surface area contributed by atoms with Crippen LogP contribution in [0.3, 0.4) is 0 Å². The van der Waals surface area contributed by atoms with Crippen LogP contribution in [0.2, 0.25) is 0 Å². The third-order valence-electron chi connectivity index (χ3n) is 1.40. The zero-order chi connectivity index (χ0) is 11.5. The van der Waals surface area contributed by atoms with Gasteiger partial charge in [-0.05, 0) is 12.1 Å². The maximum Gasteiger partial charge on any atom is 0.480 e. The molecule has 0 radical (unpaired) electrons. The van der Waals surface area contributed by atoms with Crippen LogP contribution < -0.4 is 4.52 Å². The average Bonchev–Trinajstić information content (AvgIpc) is 2.18. The summed E-state index contributed by atoms with van der Waals surface area (Å²) in [6, 6.07) is 4.48. The number of rotatable bonds is 3. The molecule has 78 valence electrons. The Bertz CT molecular complexity index is 463. The molecule has 15 heavy (non-hydrogen) atoms. The number of nitro benzene ring substituents is 1. The molecule has 0 saturated carbocycles. The fourth-order valence-electron chi connectivity index (χ4n) is 0.792. The molecule has 1 unspecified atom stereocenters. The van der Waals surface area contributed by atoms with Gasteiger partial charge in [-0.3, -0.25) is 10.1 Å². The minimum absolute atomic E-state index is 0.0759. The van der Waals surface area contributed by atoms with Crippen molar-refractivity contribution < 1.29 is 18.9 Å². The Morgan fingerprint density at radius 2 is 2.00 bits per heavy atom. The third kappa shape index (κ3) is 3.06. The summed E-state index contributed by atoms with van der Waals surface area (Å²) in [6.07, 6.45) is 0. The second-order valence-electron chi connectivity index (χ2n) is 2.46. The SMILES string of the molecule is N#CP(=O)(O)Oc1ccc([N+](=O)[O-])cc1. The molecule has 1 rings (SSSR count). The first-order valence-corrected chi connectivity index (χ1v) is 5.20. The zero-order valence-corrected chi connectivity index (χ0v) is 8.13. The van der Waals surface area contributed by atoms with E-state index in [9.17, 15) is 14.7 Å². The van der Waals surface area contributed by atoms with E-state index in [0.717, 1.165) is 30.1 Å². The van der Waals surface area contributed by atoms with Gasteiger partial charge in [0.05, 0.1) is 4.92 Å². The van der Waals surface area contributed by atoms with Crippen molar-refractivity contribution >= 4 is 13.3 Å². The van der Waals surface area contributed by atoms with Gasteiger partial charge < -0.3 is 9.42 Å². The predicted octanol–water partition coefficient (Wildman–Crippen LogP) is 1.64. The Morgan fingerprint density at radius 3 is 2.40 bits per heavy atom. The van der Waals surface area contributed by atoms with Gasteiger partial charge in [-0.2, -0.15) is 5.26 Å². The molecular formula is C7H5N2O5P. The minimum atomic E-state index is -4.30. The number of benzene rings is 1. The van der Waals surface area contributed by atoms with Crippen molar-refractivity contribution in [2.24, 2.45) is 0 Å². The predicted molar refractivity (Wildman–Crippen MR) is 49.2 cm³/mol. The number of nitro groups is 1. The molecule has 0 aliphatic heterocycles. The second kappa shape index (κ2) is 4.09.